The minimum absolute atomic E-state index is 0. The summed E-state index contributed by atoms with van der Waals surface area (Å²) < 4.78 is 40.3. The number of benzene rings is 2. The van der Waals surface area contributed by atoms with Gasteiger partial charge in [-0.3, -0.25) is 33.6 Å². The molecule has 16 heteroatoms. The van der Waals surface area contributed by atoms with Crippen LogP contribution in [0.3, 0.4) is 0 Å². The molecule has 1 aliphatic heterocycles. The van der Waals surface area contributed by atoms with Gasteiger partial charge in [0.25, 0.3) is 0 Å². The summed E-state index contributed by atoms with van der Waals surface area (Å²) in [4.78, 5) is 91.7. The molecule has 51 heavy (non-hydrogen) atoms. The molecule has 6 atom stereocenters. The summed E-state index contributed by atoms with van der Waals surface area (Å²) in [5.74, 6) is -6.05. The highest BCUT2D eigenvalue weighted by atomic mass is 35.5. The standard InChI is InChI=1S/C35H37NO14.ClH/c1-14-32(46-16(3)38)22(36)11-25(45-14)49-24-13-35(15(2)37,50-19(6)41)12-21-27(24)34(48-18(5)40)29-28(33(21)47-17(4)39)30(42)20-9-8-10-23(44-7)26(20)31(29)43;/h8-10,14,22,24-25,32H,11-13,36H2,1-7H3;1H/t14-,22-,24-,25+,32+,35-;/m0./s1. The van der Waals surface area contributed by atoms with Crippen LogP contribution in [0.15, 0.2) is 18.2 Å². The van der Waals surface area contributed by atoms with Crippen LogP contribution < -0.4 is 19.9 Å². The Morgan fingerprint density at radius 1 is 0.863 bits per heavy atom. The van der Waals surface area contributed by atoms with Gasteiger partial charge in [-0.05, 0) is 19.9 Å². The van der Waals surface area contributed by atoms with Crippen molar-refractivity contribution in [2.75, 3.05) is 7.11 Å². The Labute approximate surface area is 298 Å². The fourth-order valence-corrected chi connectivity index (χ4v) is 6.90. The van der Waals surface area contributed by atoms with Crippen LogP contribution in [0.1, 0.15) is 103 Å². The van der Waals surface area contributed by atoms with Crippen LogP contribution in [0.4, 0.5) is 0 Å². The van der Waals surface area contributed by atoms with Crippen molar-refractivity contribution in [1.82, 2.24) is 0 Å². The number of carbonyl (C=O) groups excluding carboxylic acids is 7. The molecule has 274 valence electrons. The monoisotopic (exact) mass is 731 g/mol. The van der Waals surface area contributed by atoms with E-state index >= 15 is 0 Å². The van der Waals surface area contributed by atoms with Crippen molar-refractivity contribution in [3.63, 3.8) is 0 Å². The maximum atomic E-state index is 14.4. The Bertz CT molecular complexity index is 1830. The minimum atomic E-state index is -1.94. The summed E-state index contributed by atoms with van der Waals surface area (Å²) in [6.45, 7) is 7.30. The number of nitrogens with two attached hydrogens (primary N) is 1. The largest absolute Gasteiger partial charge is 0.496 e. The second kappa shape index (κ2) is 14.9. The normalized spacial score (nSPS) is 24.8. The van der Waals surface area contributed by atoms with Crippen molar-refractivity contribution in [3.05, 3.63) is 51.6 Å². The van der Waals surface area contributed by atoms with E-state index in [1.165, 1.54) is 39.2 Å². The number of ether oxygens (including phenoxy) is 7. The van der Waals surface area contributed by atoms with Crippen molar-refractivity contribution in [1.29, 1.82) is 0 Å². The molecule has 1 heterocycles. The number of esters is 4. The lowest BCUT2D eigenvalue weighted by molar-refractivity contribution is -0.251. The molecule has 3 aliphatic rings. The van der Waals surface area contributed by atoms with E-state index in [1.807, 2.05) is 0 Å². The van der Waals surface area contributed by atoms with Crippen LogP contribution in [0.25, 0.3) is 0 Å². The predicted octanol–water partition coefficient (Wildman–Crippen LogP) is 3.03. The first-order valence-electron chi connectivity index (χ1n) is 15.8. The second-order valence-corrected chi connectivity index (χ2v) is 12.4. The zero-order chi connectivity index (χ0) is 36.8. The van der Waals surface area contributed by atoms with Crippen molar-refractivity contribution in [2.45, 2.75) is 97.0 Å². The molecule has 1 saturated heterocycles. The molecule has 0 spiro atoms. The highest BCUT2D eigenvalue weighted by molar-refractivity contribution is 6.31. The van der Waals surface area contributed by atoms with Crippen molar-refractivity contribution in [2.24, 2.45) is 5.73 Å². The highest BCUT2D eigenvalue weighted by Crippen LogP contribution is 2.54. The van der Waals surface area contributed by atoms with Gasteiger partial charge in [-0.1, -0.05) is 12.1 Å². The smallest absolute Gasteiger partial charge is 0.308 e. The molecule has 0 saturated carbocycles. The lowest BCUT2D eigenvalue weighted by atomic mass is 9.71. The van der Waals surface area contributed by atoms with Crippen LogP contribution in [0.5, 0.6) is 17.2 Å². The Hall–Kier alpha value is -4.70. The molecule has 2 aromatic rings. The van der Waals surface area contributed by atoms with Gasteiger partial charge in [0.2, 0.25) is 5.78 Å². The first-order valence-corrected chi connectivity index (χ1v) is 15.8. The zero-order valence-electron chi connectivity index (χ0n) is 28.9. The van der Waals surface area contributed by atoms with Gasteiger partial charge in [-0.2, -0.15) is 0 Å². The Morgan fingerprint density at radius 3 is 2.04 bits per heavy atom. The molecule has 2 N–H and O–H groups in total. The summed E-state index contributed by atoms with van der Waals surface area (Å²) in [6, 6.07) is 3.60. The van der Waals surface area contributed by atoms with Crippen molar-refractivity contribution in [3.8, 4) is 17.2 Å². The second-order valence-electron chi connectivity index (χ2n) is 12.4. The number of halogens is 1. The van der Waals surface area contributed by atoms with Gasteiger partial charge in [0.15, 0.2) is 23.5 Å². The summed E-state index contributed by atoms with van der Waals surface area (Å²) >= 11 is 0. The van der Waals surface area contributed by atoms with Gasteiger partial charge >= 0.3 is 23.9 Å². The van der Waals surface area contributed by atoms with E-state index in [2.05, 4.69) is 0 Å². The Kier molecular flexibility index (Phi) is 11.4. The topological polar surface area (TPSA) is 210 Å². The van der Waals surface area contributed by atoms with Crippen LogP contribution >= 0.6 is 12.4 Å². The molecule has 2 aliphatic carbocycles. The number of ketones is 3. The summed E-state index contributed by atoms with van der Waals surface area (Å²) in [5, 5.41) is 0. The highest BCUT2D eigenvalue weighted by Gasteiger charge is 2.53. The van der Waals surface area contributed by atoms with Gasteiger partial charge in [0, 0.05) is 69.7 Å². The fourth-order valence-electron chi connectivity index (χ4n) is 6.90. The quantitative estimate of drug-likeness (QED) is 0.261. The van der Waals surface area contributed by atoms with Crippen LogP contribution in [0, 0.1) is 0 Å². The van der Waals surface area contributed by atoms with E-state index < -0.39 is 101 Å². The number of hydrogen-bond acceptors (Lipinski definition) is 15. The van der Waals surface area contributed by atoms with E-state index in [0.717, 1.165) is 20.8 Å². The summed E-state index contributed by atoms with van der Waals surface area (Å²) in [7, 11) is 1.31. The van der Waals surface area contributed by atoms with E-state index in [9.17, 15) is 33.6 Å². The third-order valence-corrected chi connectivity index (χ3v) is 8.83. The van der Waals surface area contributed by atoms with Crippen LogP contribution in [-0.2, 0) is 49.3 Å². The number of fused-ring (bicyclic) bond motifs is 3. The number of methoxy groups -OCH3 is 1. The molecule has 15 nitrogen and oxygen atoms in total. The lowest BCUT2D eigenvalue weighted by Gasteiger charge is -2.44. The average Bonchev–Trinajstić information content (AvgIpc) is 3.01. The van der Waals surface area contributed by atoms with E-state index in [-0.39, 0.29) is 59.0 Å². The predicted molar refractivity (Wildman–Crippen MR) is 176 cm³/mol. The number of hydrogen-bond donors (Lipinski definition) is 1. The van der Waals surface area contributed by atoms with Gasteiger partial charge in [-0.25, -0.2) is 0 Å². The van der Waals surface area contributed by atoms with Crippen molar-refractivity contribution >= 4 is 53.6 Å². The third-order valence-electron chi connectivity index (χ3n) is 8.83. The fraction of sp³-hybridized carbons (Fsp3) is 0.457. The lowest BCUT2D eigenvalue weighted by Crippen LogP contribution is -2.54. The van der Waals surface area contributed by atoms with Gasteiger partial charge in [-0.15, -0.1) is 12.4 Å². The molecule has 0 bridgehead atoms. The van der Waals surface area contributed by atoms with Gasteiger partial charge in [0.1, 0.15) is 23.4 Å². The molecule has 0 aromatic heterocycles. The van der Waals surface area contributed by atoms with E-state index in [4.69, 9.17) is 38.9 Å². The summed E-state index contributed by atoms with van der Waals surface area (Å²) in [5.41, 5.74) is 3.34. The molecular formula is C35H38ClNO14. The van der Waals surface area contributed by atoms with Crippen LogP contribution in [0.2, 0.25) is 0 Å². The molecule has 0 unspecified atom stereocenters. The third kappa shape index (κ3) is 7.24. The number of rotatable bonds is 8. The zero-order valence-corrected chi connectivity index (χ0v) is 29.8. The van der Waals surface area contributed by atoms with Crippen molar-refractivity contribution < 1.29 is 66.7 Å². The first kappa shape index (κ1) is 39.1. The summed E-state index contributed by atoms with van der Waals surface area (Å²) in [6.07, 6.45) is -4.95. The number of Topliss-reactive ketones (excluding diaryl/α,β-unsaturated/α-hetero) is 1. The minimum Gasteiger partial charge on any atom is -0.496 e. The number of carbonyl (C=O) groups is 7. The molecule has 5 rings (SSSR count). The van der Waals surface area contributed by atoms with Crippen LogP contribution in [-0.4, -0.2) is 78.5 Å². The molecular weight excluding hydrogens is 694 g/mol. The Morgan fingerprint density at radius 2 is 1.49 bits per heavy atom. The Balaban J connectivity index is 0.00000583. The molecule has 1 fully saturated rings. The first-order chi connectivity index (χ1) is 23.5. The SMILES string of the molecule is COc1cccc2c1C(=O)c1c(OC(C)=O)c3c(c(OC(C)=O)c1C2=O)C[C@@](OC(C)=O)(C(C)=O)C[C@@H]3O[C@@H]1C[C@H](N)[C@H](OC(C)=O)[C@H](C)O1.Cl. The van der Waals surface area contributed by atoms with Gasteiger partial charge in [0.05, 0.1) is 36.0 Å². The van der Waals surface area contributed by atoms with Gasteiger partial charge < -0.3 is 38.9 Å². The molecule has 0 radical (unpaired) electrons. The molecule has 0 amide bonds. The maximum absolute atomic E-state index is 14.4. The van der Waals surface area contributed by atoms with E-state index in [0.29, 0.717) is 0 Å². The maximum Gasteiger partial charge on any atom is 0.308 e. The molecule has 2 aromatic carbocycles. The average molecular weight is 732 g/mol. The van der Waals surface area contributed by atoms with E-state index in [1.54, 1.807) is 6.92 Å².